The fourth-order valence-corrected chi connectivity index (χ4v) is 6.01. The molecule has 0 aromatic heterocycles. The molecule has 2 heteroatoms. The van der Waals surface area contributed by atoms with E-state index in [4.69, 9.17) is 4.74 Å². The molecule has 0 bridgehead atoms. The molecular weight excluding hydrogens is 383 g/mol. The van der Waals surface area contributed by atoms with Gasteiger partial charge in [-0.2, -0.15) is 0 Å². The lowest BCUT2D eigenvalue weighted by Crippen LogP contribution is -2.18. The molecule has 2 fully saturated rings. The van der Waals surface area contributed by atoms with Crippen molar-refractivity contribution in [2.24, 2.45) is 17.8 Å². The summed E-state index contributed by atoms with van der Waals surface area (Å²) in [6.07, 6.45) is 16.5. The molecule has 31 heavy (non-hydrogen) atoms. The van der Waals surface area contributed by atoms with Gasteiger partial charge in [0.1, 0.15) is 18.2 Å². The lowest BCUT2D eigenvalue weighted by atomic mass is 9.74. The van der Waals surface area contributed by atoms with Gasteiger partial charge in [0.05, 0.1) is 0 Å². The van der Waals surface area contributed by atoms with E-state index in [1.807, 2.05) is 24.3 Å². The zero-order valence-corrected chi connectivity index (χ0v) is 19.3. The van der Waals surface area contributed by atoms with Gasteiger partial charge in [-0.3, -0.25) is 0 Å². The van der Waals surface area contributed by atoms with E-state index in [0.29, 0.717) is 17.9 Å². The Kier molecular flexibility index (Phi) is 7.69. The maximum absolute atomic E-state index is 15.3. The highest BCUT2D eigenvalue weighted by molar-refractivity contribution is 5.85. The second kappa shape index (κ2) is 10.7. The molecule has 0 heterocycles. The van der Waals surface area contributed by atoms with E-state index in [1.165, 1.54) is 57.8 Å². The molecule has 0 amide bonds. The number of hydrogen-bond acceptors (Lipinski definition) is 1. The Bertz CT molecular complexity index is 856. The first-order chi connectivity index (χ1) is 15.2. The average molecular weight is 423 g/mol. The fourth-order valence-electron chi connectivity index (χ4n) is 6.01. The zero-order valence-electron chi connectivity index (χ0n) is 19.3. The van der Waals surface area contributed by atoms with Crippen molar-refractivity contribution in [1.29, 1.82) is 0 Å². The van der Waals surface area contributed by atoms with E-state index in [9.17, 15) is 0 Å². The first kappa shape index (κ1) is 22.4. The van der Waals surface area contributed by atoms with Gasteiger partial charge in [0.2, 0.25) is 0 Å². The Morgan fingerprint density at radius 1 is 0.903 bits per heavy atom. The normalized spacial score (nSPS) is 26.6. The van der Waals surface area contributed by atoms with Crippen LogP contribution in [0.2, 0.25) is 0 Å². The molecule has 1 nitrogen and oxygen atoms in total. The third-order valence-electron chi connectivity index (χ3n) is 8.14. The van der Waals surface area contributed by atoms with Crippen LogP contribution in [0, 0.1) is 23.6 Å². The number of hydrogen-bond donors (Lipinski definition) is 0. The molecule has 0 unspecified atom stereocenters. The van der Waals surface area contributed by atoms with Crippen LogP contribution >= 0.6 is 0 Å². The van der Waals surface area contributed by atoms with Crippen molar-refractivity contribution in [2.75, 3.05) is 6.61 Å². The van der Waals surface area contributed by atoms with Crippen LogP contribution in [0.25, 0.3) is 10.8 Å². The predicted octanol–water partition coefficient (Wildman–Crippen LogP) is 8.81. The molecule has 2 aromatic rings. The maximum atomic E-state index is 15.3. The second-order valence-electron chi connectivity index (χ2n) is 10.0. The SMILES string of the molecule is C=CCOc1ccc2c(F)c(C3CCC(CCC4CCC(CC)CC4)CC3)ccc2c1. The van der Waals surface area contributed by atoms with Gasteiger partial charge in [0, 0.05) is 5.39 Å². The van der Waals surface area contributed by atoms with Crippen molar-refractivity contribution < 1.29 is 9.13 Å². The minimum Gasteiger partial charge on any atom is -0.490 e. The molecule has 0 aliphatic heterocycles. The largest absolute Gasteiger partial charge is 0.490 e. The third kappa shape index (κ3) is 5.51. The number of benzene rings is 2. The van der Waals surface area contributed by atoms with Gasteiger partial charge >= 0.3 is 0 Å². The molecule has 0 spiro atoms. The van der Waals surface area contributed by atoms with E-state index in [2.05, 4.69) is 19.6 Å². The van der Waals surface area contributed by atoms with Gasteiger partial charge in [-0.25, -0.2) is 4.39 Å². The minimum atomic E-state index is -0.0242. The van der Waals surface area contributed by atoms with E-state index >= 15 is 4.39 Å². The predicted molar refractivity (Wildman–Crippen MR) is 129 cm³/mol. The van der Waals surface area contributed by atoms with E-state index < -0.39 is 0 Å². The smallest absolute Gasteiger partial charge is 0.134 e. The quantitative estimate of drug-likeness (QED) is 0.386. The molecule has 2 aromatic carbocycles. The molecule has 2 saturated carbocycles. The van der Waals surface area contributed by atoms with Crippen molar-refractivity contribution in [3.05, 3.63) is 54.4 Å². The molecule has 0 N–H and O–H groups in total. The van der Waals surface area contributed by atoms with Crippen molar-refractivity contribution in [2.45, 2.75) is 83.5 Å². The molecule has 2 aliphatic carbocycles. The van der Waals surface area contributed by atoms with Crippen molar-refractivity contribution >= 4 is 10.8 Å². The van der Waals surface area contributed by atoms with Crippen LogP contribution in [0.15, 0.2) is 43.0 Å². The summed E-state index contributed by atoms with van der Waals surface area (Å²) in [6.45, 7) is 6.49. The number of ether oxygens (including phenoxy) is 1. The van der Waals surface area contributed by atoms with Crippen molar-refractivity contribution in [1.82, 2.24) is 0 Å². The van der Waals surface area contributed by atoms with Gasteiger partial charge in [0.15, 0.2) is 0 Å². The van der Waals surface area contributed by atoms with Gasteiger partial charge in [-0.15, -0.1) is 0 Å². The summed E-state index contributed by atoms with van der Waals surface area (Å²) in [5, 5.41) is 1.63. The summed E-state index contributed by atoms with van der Waals surface area (Å²) in [4.78, 5) is 0. The Morgan fingerprint density at radius 2 is 1.55 bits per heavy atom. The molecule has 0 saturated heterocycles. The van der Waals surface area contributed by atoms with Crippen LogP contribution in [0.5, 0.6) is 5.75 Å². The van der Waals surface area contributed by atoms with Gasteiger partial charge in [0.25, 0.3) is 0 Å². The number of fused-ring (bicyclic) bond motifs is 1. The standard InChI is InChI=1S/C29H39FO/c1-3-19-31-26-16-18-28-25(20-26)15-17-27(29(28)30)24-13-11-23(12-14-24)10-9-22-7-5-21(4-2)6-8-22/h3,15-18,20-24H,1,4-14,19H2,2H3. The maximum Gasteiger partial charge on any atom is 0.134 e. The highest BCUT2D eigenvalue weighted by Gasteiger charge is 2.26. The topological polar surface area (TPSA) is 9.23 Å². The highest BCUT2D eigenvalue weighted by Crippen LogP contribution is 2.41. The Morgan fingerprint density at radius 3 is 2.19 bits per heavy atom. The molecule has 0 radical (unpaired) electrons. The first-order valence-electron chi connectivity index (χ1n) is 12.6. The van der Waals surface area contributed by atoms with Crippen LogP contribution in [-0.4, -0.2) is 6.61 Å². The Labute approximate surface area is 188 Å². The monoisotopic (exact) mass is 422 g/mol. The van der Waals surface area contributed by atoms with E-state index in [0.717, 1.165) is 47.3 Å². The highest BCUT2D eigenvalue weighted by atomic mass is 19.1. The first-order valence-corrected chi connectivity index (χ1v) is 12.6. The third-order valence-corrected chi connectivity index (χ3v) is 8.14. The molecule has 0 atom stereocenters. The summed E-state index contributed by atoms with van der Waals surface area (Å²) >= 11 is 0. The summed E-state index contributed by atoms with van der Waals surface area (Å²) < 4.78 is 20.9. The van der Waals surface area contributed by atoms with Crippen LogP contribution in [-0.2, 0) is 0 Å². The van der Waals surface area contributed by atoms with E-state index in [-0.39, 0.29) is 5.82 Å². The minimum absolute atomic E-state index is 0.0242. The Balaban J connectivity index is 1.31. The van der Waals surface area contributed by atoms with Gasteiger partial charge < -0.3 is 4.74 Å². The van der Waals surface area contributed by atoms with Gasteiger partial charge in [-0.1, -0.05) is 76.7 Å². The summed E-state index contributed by atoms with van der Waals surface area (Å²) in [5.74, 6) is 3.94. The zero-order chi connectivity index (χ0) is 21.6. The average Bonchev–Trinajstić information content (AvgIpc) is 2.82. The number of halogens is 1. The van der Waals surface area contributed by atoms with Crippen molar-refractivity contribution in [3.8, 4) is 5.75 Å². The fraction of sp³-hybridized carbons (Fsp3) is 0.586. The van der Waals surface area contributed by atoms with Crippen molar-refractivity contribution in [3.63, 3.8) is 0 Å². The summed E-state index contributed by atoms with van der Waals surface area (Å²) in [6, 6.07) is 9.74. The Hall–Kier alpha value is -1.83. The summed E-state index contributed by atoms with van der Waals surface area (Å²) in [5.41, 5.74) is 0.920. The molecule has 2 aliphatic rings. The second-order valence-corrected chi connectivity index (χ2v) is 10.0. The molecule has 4 rings (SSSR count). The summed E-state index contributed by atoms with van der Waals surface area (Å²) in [7, 11) is 0. The lowest BCUT2D eigenvalue weighted by molar-refractivity contribution is 0.227. The van der Waals surface area contributed by atoms with Gasteiger partial charge in [-0.05, 0) is 78.5 Å². The van der Waals surface area contributed by atoms with Crippen LogP contribution < -0.4 is 4.74 Å². The van der Waals surface area contributed by atoms with Crippen LogP contribution in [0.1, 0.15) is 89.0 Å². The number of rotatable bonds is 8. The van der Waals surface area contributed by atoms with Crippen LogP contribution in [0.4, 0.5) is 4.39 Å². The lowest BCUT2D eigenvalue weighted by Gasteiger charge is -2.32. The molecular formula is C29H39FO. The molecule has 168 valence electrons. The van der Waals surface area contributed by atoms with E-state index in [1.54, 1.807) is 6.08 Å². The van der Waals surface area contributed by atoms with Crippen LogP contribution in [0.3, 0.4) is 0 Å².